The summed E-state index contributed by atoms with van der Waals surface area (Å²) in [4.78, 5) is 17.7. The van der Waals surface area contributed by atoms with E-state index in [0.717, 1.165) is 12.1 Å². The van der Waals surface area contributed by atoms with E-state index < -0.39 is 5.97 Å². The van der Waals surface area contributed by atoms with Gasteiger partial charge in [0.15, 0.2) is 29.1 Å². The van der Waals surface area contributed by atoms with Crippen LogP contribution in [-0.4, -0.2) is 35.8 Å². The highest BCUT2D eigenvalue weighted by Gasteiger charge is 2.12. The van der Waals surface area contributed by atoms with Gasteiger partial charge >= 0.3 is 5.97 Å². The van der Waals surface area contributed by atoms with Gasteiger partial charge in [0.1, 0.15) is 0 Å². The van der Waals surface area contributed by atoms with E-state index in [1.54, 1.807) is 11.5 Å². The van der Waals surface area contributed by atoms with Gasteiger partial charge in [-0.3, -0.25) is 5.10 Å². The van der Waals surface area contributed by atoms with E-state index in [1.807, 2.05) is 14.0 Å². The molecule has 0 aliphatic rings. The molecular formula is C12H13N5O4S. The summed E-state index contributed by atoms with van der Waals surface area (Å²) in [5.74, 6) is 0.148. The third kappa shape index (κ3) is 3.11. The van der Waals surface area contributed by atoms with E-state index in [1.165, 1.54) is 6.39 Å². The van der Waals surface area contributed by atoms with Crippen LogP contribution < -0.4 is 0 Å². The Labute approximate surface area is 129 Å². The van der Waals surface area contributed by atoms with Gasteiger partial charge in [0, 0.05) is 7.05 Å². The van der Waals surface area contributed by atoms with Crippen molar-refractivity contribution in [3.63, 3.8) is 0 Å². The average Bonchev–Trinajstić information content (AvgIpc) is 3.15. The number of H-pyrrole nitrogens is 1. The van der Waals surface area contributed by atoms with Crippen molar-refractivity contribution in [2.24, 2.45) is 7.05 Å². The van der Waals surface area contributed by atoms with Crippen molar-refractivity contribution in [2.75, 3.05) is 0 Å². The molecule has 116 valence electrons. The number of rotatable bonds is 2. The van der Waals surface area contributed by atoms with E-state index in [4.69, 9.17) is 21.7 Å². The van der Waals surface area contributed by atoms with E-state index in [-0.39, 0.29) is 5.76 Å². The van der Waals surface area contributed by atoms with E-state index in [0.29, 0.717) is 22.0 Å². The van der Waals surface area contributed by atoms with Crippen molar-refractivity contribution >= 4 is 18.2 Å². The van der Waals surface area contributed by atoms with Crippen LogP contribution in [0.4, 0.5) is 0 Å². The molecule has 22 heavy (non-hydrogen) atoms. The maximum absolute atomic E-state index is 10.1. The number of carboxylic acids is 1. The molecule has 3 aromatic rings. The molecule has 0 bridgehead atoms. The summed E-state index contributed by atoms with van der Waals surface area (Å²) in [5.41, 5.74) is 1.21. The summed E-state index contributed by atoms with van der Waals surface area (Å²) in [7, 11) is 1.82. The molecule has 3 rings (SSSR count). The van der Waals surface area contributed by atoms with Crippen LogP contribution in [0.1, 0.15) is 21.9 Å². The van der Waals surface area contributed by atoms with Crippen LogP contribution in [0.5, 0.6) is 0 Å². The summed E-state index contributed by atoms with van der Waals surface area (Å²) in [6.45, 7) is 3.43. The largest absolute Gasteiger partial charge is 0.475 e. The highest BCUT2D eigenvalue weighted by Crippen LogP contribution is 2.18. The minimum atomic E-state index is -1.08. The van der Waals surface area contributed by atoms with Crippen LogP contribution in [0.3, 0.4) is 0 Å². The Balaban J connectivity index is 0.000000172. The first-order valence-corrected chi connectivity index (χ1v) is 6.48. The van der Waals surface area contributed by atoms with E-state index >= 15 is 0 Å². The smallest absolute Gasteiger partial charge is 0.373 e. The molecule has 0 spiro atoms. The average molecular weight is 323 g/mol. The zero-order valence-corrected chi connectivity index (χ0v) is 12.8. The van der Waals surface area contributed by atoms with Crippen molar-refractivity contribution in [3.05, 3.63) is 34.7 Å². The van der Waals surface area contributed by atoms with Gasteiger partial charge in [0.05, 0.1) is 11.4 Å². The second-order valence-electron chi connectivity index (χ2n) is 4.25. The number of hydrogen-bond acceptors (Lipinski definition) is 7. The lowest BCUT2D eigenvalue weighted by molar-refractivity contribution is 0.0661. The quantitative estimate of drug-likeness (QED) is 0.687. The number of hydrogen-bond donors (Lipinski definition) is 2. The lowest BCUT2D eigenvalue weighted by Gasteiger charge is -1.95. The number of aromatic amines is 1. The van der Waals surface area contributed by atoms with E-state index in [2.05, 4.69) is 24.6 Å². The van der Waals surface area contributed by atoms with Crippen LogP contribution in [0.15, 0.2) is 21.6 Å². The normalized spacial score (nSPS) is 10.1. The summed E-state index contributed by atoms with van der Waals surface area (Å²) in [6, 6.07) is 0. The van der Waals surface area contributed by atoms with Crippen LogP contribution in [0.25, 0.3) is 11.6 Å². The fraction of sp³-hybridized carbons (Fsp3) is 0.250. The topological polar surface area (TPSA) is 123 Å². The first-order valence-electron chi connectivity index (χ1n) is 6.07. The fourth-order valence-corrected chi connectivity index (χ4v) is 1.71. The molecule has 0 saturated heterocycles. The monoisotopic (exact) mass is 323 g/mol. The lowest BCUT2D eigenvalue weighted by Crippen LogP contribution is -1.95. The molecule has 0 aliphatic heterocycles. The number of aromatic nitrogens is 5. The van der Waals surface area contributed by atoms with Crippen molar-refractivity contribution in [2.45, 2.75) is 13.8 Å². The molecule has 10 heteroatoms. The predicted octanol–water partition coefficient (Wildman–Crippen LogP) is 2.12. The molecule has 0 amide bonds. The Kier molecular flexibility index (Phi) is 4.51. The first-order chi connectivity index (χ1) is 10.4. The van der Waals surface area contributed by atoms with Gasteiger partial charge in [-0.1, -0.05) is 0 Å². The number of aryl methyl sites for hydroxylation is 2. The SMILES string of the molecule is Cc1ncoc1-c1n[nH]c(=S)n1C.Cc1ncoc1C(=O)O. The molecule has 3 aromatic heterocycles. The van der Waals surface area contributed by atoms with Gasteiger partial charge in [-0.2, -0.15) is 5.10 Å². The van der Waals surface area contributed by atoms with Crippen LogP contribution >= 0.6 is 12.2 Å². The second-order valence-corrected chi connectivity index (χ2v) is 4.64. The van der Waals surface area contributed by atoms with Crippen molar-refractivity contribution < 1.29 is 18.7 Å². The molecule has 9 nitrogen and oxygen atoms in total. The van der Waals surface area contributed by atoms with Gasteiger partial charge in [-0.25, -0.2) is 14.8 Å². The molecule has 0 fully saturated rings. The molecule has 0 atom stereocenters. The Morgan fingerprint density at radius 2 is 1.91 bits per heavy atom. The molecule has 0 aliphatic carbocycles. The number of carboxylic acid groups (broad SMARTS) is 1. The number of nitrogens with one attached hydrogen (secondary N) is 1. The predicted molar refractivity (Wildman–Crippen MR) is 76.8 cm³/mol. The molecule has 2 N–H and O–H groups in total. The summed E-state index contributed by atoms with van der Waals surface area (Å²) in [5, 5.41) is 15.0. The van der Waals surface area contributed by atoms with Gasteiger partial charge in [-0.05, 0) is 26.1 Å². The van der Waals surface area contributed by atoms with Crippen LogP contribution in [-0.2, 0) is 7.05 Å². The third-order valence-electron chi connectivity index (χ3n) is 2.77. The zero-order chi connectivity index (χ0) is 16.3. The van der Waals surface area contributed by atoms with Gasteiger partial charge in [0.2, 0.25) is 5.76 Å². The van der Waals surface area contributed by atoms with Crippen molar-refractivity contribution in [3.8, 4) is 11.6 Å². The van der Waals surface area contributed by atoms with Crippen LogP contribution in [0, 0.1) is 18.6 Å². The second kappa shape index (κ2) is 6.35. The van der Waals surface area contributed by atoms with Gasteiger partial charge in [-0.15, -0.1) is 0 Å². The standard InChI is InChI=1S/C7H8N4OS.C5H5NO3/c1-4-5(12-3-8-4)6-9-10-7(13)11(6)2;1-3-4(5(7)8)9-2-6-3/h3H,1-2H3,(H,10,13);2H,1H3,(H,7,8). The van der Waals surface area contributed by atoms with Crippen molar-refractivity contribution in [1.82, 2.24) is 24.7 Å². The molecular weight excluding hydrogens is 310 g/mol. The molecule has 0 unspecified atom stereocenters. The number of nitrogens with zero attached hydrogens (tertiary/aromatic N) is 4. The highest BCUT2D eigenvalue weighted by atomic mass is 32.1. The maximum atomic E-state index is 10.1. The summed E-state index contributed by atoms with van der Waals surface area (Å²) >= 11 is 4.97. The Morgan fingerprint density at radius 3 is 2.27 bits per heavy atom. The number of aromatic carboxylic acids is 1. The molecule has 0 aromatic carbocycles. The number of carbonyl (C=O) groups is 1. The Morgan fingerprint density at radius 1 is 1.27 bits per heavy atom. The third-order valence-corrected chi connectivity index (χ3v) is 3.13. The van der Waals surface area contributed by atoms with Crippen LogP contribution in [0.2, 0.25) is 0 Å². The van der Waals surface area contributed by atoms with Gasteiger partial charge < -0.3 is 18.5 Å². The Bertz CT molecular complexity index is 844. The first kappa shape index (κ1) is 15.6. The summed E-state index contributed by atoms with van der Waals surface area (Å²) in [6.07, 6.45) is 2.50. The minimum absolute atomic E-state index is 0.0880. The molecule has 0 saturated carbocycles. The number of oxazole rings is 2. The molecule has 3 heterocycles. The highest BCUT2D eigenvalue weighted by molar-refractivity contribution is 7.71. The zero-order valence-electron chi connectivity index (χ0n) is 12.0. The Hall–Kier alpha value is -2.75. The molecule has 0 radical (unpaired) electrons. The van der Waals surface area contributed by atoms with E-state index in [9.17, 15) is 4.79 Å². The minimum Gasteiger partial charge on any atom is -0.475 e. The summed E-state index contributed by atoms with van der Waals surface area (Å²) < 4.78 is 12.0. The lowest BCUT2D eigenvalue weighted by atomic mass is 10.3. The van der Waals surface area contributed by atoms with Crippen molar-refractivity contribution in [1.29, 1.82) is 0 Å². The fourth-order valence-electron chi connectivity index (χ4n) is 1.57. The maximum Gasteiger partial charge on any atom is 0.373 e. The van der Waals surface area contributed by atoms with Gasteiger partial charge in [0.25, 0.3) is 0 Å².